The first-order chi connectivity index (χ1) is 8.16. The Morgan fingerprint density at radius 1 is 1.47 bits per heavy atom. The van der Waals surface area contributed by atoms with Gasteiger partial charge in [-0.05, 0) is 12.8 Å². The maximum atomic E-state index is 11.6. The van der Waals surface area contributed by atoms with E-state index in [-0.39, 0.29) is 24.2 Å². The molecular formula is C10H14N4O3. The molecule has 0 bridgehead atoms. The molecule has 0 atom stereocenters. The van der Waals surface area contributed by atoms with Crippen LogP contribution in [-0.2, 0) is 11.3 Å². The lowest BCUT2D eigenvalue weighted by atomic mass is 10.2. The van der Waals surface area contributed by atoms with Crippen LogP contribution in [0.3, 0.4) is 0 Å². The quantitative estimate of drug-likeness (QED) is 0.771. The highest BCUT2D eigenvalue weighted by Crippen LogP contribution is 2.17. The molecule has 1 saturated carbocycles. The molecule has 1 aliphatic rings. The largest absolute Gasteiger partial charge is 0.476 e. The number of hydrogen-bond donors (Lipinski definition) is 2. The fourth-order valence-corrected chi connectivity index (χ4v) is 2.02. The number of amides is 1. The summed E-state index contributed by atoms with van der Waals surface area (Å²) in [5, 5.41) is 18.7. The fraction of sp³-hybridized carbons (Fsp3) is 0.600. The van der Waals surface area contributed by atoms with E-state index in [2.05, 4.69) is 15.6 Å². The number of carbonyl (C=O) groups is 2. The molecule has 1 aromatic heterocycles. The smallest absolute Gasteiger partial charge is 0.355 e. The third-order valence-electron chi connectivity index (χ3n) is 2.85. The number of hydrogen-bond acceptors (Lipinski definition) is 4. The van der Waals surface area contributed by atoms with Gasteiger partial charge >= 0.3 is 5.97 Å². The number of nitrogens with zero attached hydrogens (tertiary/aromatic N) is 3. The van der Waals surface area contributed by atoms with Crippen molar-refractivity contribution in [1.82, 2.24) is 20.3 Å². The summed E-state index contributed by atoms with van der Waals surface area (Å²) in [6, 6.07) is 0.222. The van der Waals surface area contributed by atoms with Gasteiger partial charge in [-0.3, -0.25) is 4.79 Å². The van der Waals surface area contributed by atoms with Crippen molar-refractivity contribution in [3.8, 4) is 0 Å². The molecule has 0 radical (unpaired) electrons. The topological polar surface area (TPSA) is 97.1 Å². The van der Waals surface area contributed by atoms with E-state index < -0.39 is 5.97 Å². The van der Waals surface area contributed by atoms with E-state index in [0.29, 0.717) is 0 Å². The predicted molar refractivity (Wildman–Crippen MR) is 57.4 cm³/mol. The summed E-state index contributed by atoms with van der Waals surface area (Å²) in [4.78, 5) is 22.4. The van der Waals surface area contributed by atoms with Crippen molar-refractivity contribution >= 4 is 11.9 Å². The Morgan fingerprint density at radius 3 is 2.82 bits per heavy atom. The lowest BCUT2D eigenvalue weighted by molar-refractivity contribution is -0.122. The maximum absolute atomic E-state index is 11.6. The standard InChI is InChI=1S/C10H14N4O3/c15-9(12-7-3-1-2-4-7)6-14-8(10(16)17)5-11-13-14/h5,7H,1-4,6H2,(H,12,15)(H,16,17). The minimum absolute atomic E-state index is 0.0772. The van der Waals surface area contributed by atoms with Crippen LogP contribution in [0, 0.1) is 0 Å². The molecule has 0 unspecified atom stereocenters. The van der Waals surface area contributed by atoms with Crippen LogP contribution in [0.15, 0.2) is 6.20 Å². The van der Waals surface area contributed by atoms with Gasteiger partial charge in [-0.1, -0.05) is 18.1 Å². The van der Waals surface area contributed by atoms with E-state index >= 15 is 0 Å². The number of carbonyl (C=O) groups excluding carboxylic acids is 1. The molecule has 1 heterocycles. The van der Waals surface area contributed by atoms with Crippen molar-refractivity contribution in [2.75, 3.05) is 0 Å². The molecule has 2 N–H and O–H groups in total. The van der Waals surface area contributed by atoms with Crippen molar-refractivity contribution in [3.05, 3.63) is 11.9 Å². The van der Waals surface area contributed by atoms with E-state index in [1.807, 2.05) is 0 Å². The van der Waals surface area contributed by atoms with Gasteiger partial charge in [0.25, 0.3) is 0 Å². The Hall–Kier alpha value is -1.92. The van der Waals surface area contributed by atoms with Gasteiger partial charge in [-0.15, -0.1) is 5.10 Å². The van der Waals surface area contributed by atoms with Crippen LogP contribution in [0.2, 0.25) is 0 Å². The van der Waals surface area contributed by atoms with Gasteiger partial charge in [-0.2, -0.15) is 0 Å². The molecule has 7 nitrogen and oxygen atoms in total. The highest BCUT2D eigenvalue weighted by atomic mass is 16.4. The summed E-state index contributed by atoms with van der Waals surface area (Å²) in [5.74, 6) is -1.35. The van der Waals surface area contributed by atoms with E-state index in [1.54, 1.807) is 0 Å². The Balaban J connectivity index is 1.93. The van der Waals surface area contributed by atoms with Crippen molar-refractivity contribution in [2.24, 2.45) is 0 Å². The normalized spacial score (nSPS) is 16.0. The third-order valence-corrected chi connectivity index (χ3v) is 2.85. The Kier molecular flexibility index (Phi) is 3.36. The summed E-state index contributed by atoms with van der Waals surface area (Å²) < 4.78 is 1.09. The van der Waals surface area contributed by atoms with Crippen LogP contribution < -0.4 is 5.32 Å². The highest BCUT2D eigenvalue weighted by Gasteiger charge is 2.19. The SMILES string of the molecule is O=C(Cn1nncc1C(=O)O)NC1CCCC1. The first-order valence-electron chi connectivity index (χ1n) is 5.58. The van der Waals surface area contributed by atoms with Crippen LogP contribution in [0.4, 0.5) is 0 Å². The van der Waals surface area contributed by atoms with Crippen LogP contribution >= 0.6 is 0 Å². The van der Waals surface area contributed by atoms with Crippen molar-refractivity contribution < 1.29 is 14.7 Å². The van der Waals surface area contributed by atoms with E-state index in [1.165, 1.54) is 0 Å². The van der Waals surface area contributed by atoms with Crippen LogP contribution in [-0.4, -0.2) is 38.0 Å². The number of rotatable bonds is 4. The molecule has 0 aromatic carbocycles. The maximum Gasteiger partial charge on any atom is 0.355 e. The fourth-order valence-electron chi connectivity index (χ4n) is 2.02. The number of carboxylic acid groups (broad SMARTS) is 1. The second-order valence-electron chi connectivity index (χ2n) is 4.13. The zero-order valence-corrected chi connectivity index (χ0v) is 9.30. The molecule has 1 aromatic rings. The molecule has 0 saturated heterocycles. The molecule has 1 fully saturated rings. The summed E-state index contributed by atoms with van der Waals surface area (Å²) >= 11 is 0. The highest BCUT2D eigenvalue weighted by molar-refractivity contribution is 5.86. The predicted octanol–water partition coefficient (Wildman–Crippen LogP) is 0.0351. The third kappa shape index (κ3) is 2.80. The van der Waals surface area contributed by atoms with E-state index in [9.17, 15) is 9.59 Å². The number of aromatic nitrogens is 3. The molecule has 17 heavy (non-hydrogen) atoms. The minimum Gasteiger partial charge on any atom is -0.476 e. The lowest BCUT2D eigenvalue weighted by Gasteiger charge is -2.11. The summed E-state index contributed by atoms with van der Waals surface area (Å²) in [5.41, 5.74) is -0.0772. The van der Waals surface area contributed by atoms with Gasteiger partial charge in [0.1, 0.15) is 6.54 Å². The van der Waals surface area contributed by atoms with Crippen molar-refractivity contribution in [1.29, 1.82) is 0 Å². The van der Waals surface area contributed by atoms with Gasteiger partial charge in [0, 0.05) is 6.04 Å². The van der Waals surface area contributed by atoms with Gasteiger partial charge in [0.05, 0.1) is 6.20 Å². The van der Waals surface area contributed by atoms with E-state index in [4.69, 9.17) is 5.11 Å². The second-order valence-corrected chi connectivity index (χ2v) is 4.13. The molecule has 0 spiro atoms. The zero-order valence-electron chi connectivity index (χ0n) is 9.30. The lowest BCUT2D eigenvalue weighted by Crippen LogP contribution is -2.36. The Bertz CT molecular complexity index is 423. The first-order valence-corrected chi connectivity index (χ1v) is 5.58. The first kappa shape index (κ1) is 11.6. The van der Waals surface area contributed by atoms with Gasteiger partial charge in [0.15, 0.2) is 5.69 Å². The monoisotopic (exact) mass is 238 g/mol. The van der Waals surface area contributed by atoms with Gasteiger partial charge in [0.2, 0.25) is 5.91 Å². The van der Waals surface area contributed by atoms with E-state index in [0.717, 1.165) is 36.6 Å². The average Bonchev–Trinajstić information content (AvgIpc) is 2.88. The number of carboxylic acids is 1. The molecule has 2 rings (SSSR count). The summed E-state index contributed by atoms with van der Waals surface area (Å²) in [6.07, 6.45) is 5.39. The van der Waals surface area contributed by atoms with Crippen LogP contribution in [0.25, 0.3) is 0 Å². The number of nitrogens with one attached hydrogen (secondary N) is 1. The average molecular weight is 238 g/mol. The van der Waals surface area contributed by atoms with Crippen molar-refractivity contribution in [3.63, 3.8) is 0 Å². The van der Waals surface area contributed by atoms with Crippen LogP contribution in [0.5, 0.6) is 0 Å². The molecule has 92 valence electrons. The molecule has 1 aliphatic carbocycles. The summed E-state index contributed by atoms with van der Waals surface area (Å²) in [6.45, 7) is -0.0991. The van der Waals surface area contributed by atoms with Crippen molar-refractivity contribution in [2.45, 2.75) is 38.3 Å². The molecule has 7 heteroatoms. The Labute approximate surface area is 97.8 Å². The number of aromatic carboxylic acids is 1. The molecule has 1 amide bonds. The van der Waals surface area contributed by atoms with Gasteiger partial charge < -0.3 is 10.4 Å². The van der Waals surface area contributed by atoms with Gasteiger partial charge in [-0.25, -0.2) is 9.48 Å². The zero-order chi connectivity index (χ0) is 12.3. The Morgan fingerprint density at radius 2 is 2.18 bits per heavy atom. The minimum atomic E-state index is -1.14. The van der Waals surface area contributed by atoms with Crippen LogP contribution in [0.1, 0.15) is 36.2 Å². The summed E-state index contributed by atoms with van der Waals surface area (Å²) in [7, 11) is 0. The molecular weight excluding hydrogens is 224 g/mol. The second kappa shape index (κ2) is 4.94. The molecule has 0 aliphatic heterocycles.